The van der Waals surface area contributed by atoms with Crippen molar-refractivity contribution < 1.29 is 66.6 Å². The summed E-state index contributed by atoms with van der Waals surface area (Å²) >= 11 is 0. The highest BCUT2D eigenvalue weighted by Gasteiger charge is 2.53. The Labute approximate surface area is 296 Å². The SMILES string of the molecule is COc1ccc(C2(CNC(=O)c3ccc(OC4OC(COC(C)=O)C(OC(C)=O)C(OC(C)=O)C4OC(C)=O)c(OC)c3)CCCC2)cc1OC. The zero-order valence-corrected chi connectivity index (χ0v) is 29.8. The van der Waals surface area contributed by atoms with Crippen LogP contribution in [0.5, 0.6) is 23.0 Å². The van der Waals surface area contributed by atoms with E-state index >= 15 is 0 Å². The van der Waals surface area contributed by atoms with Gasteiger partial charge in [0.2, 0.25) is 12.4 Å². The third kappa shape index (κ3) is 9.60. The van der Waals surface area contributed by atoms with Crippen molar-refractivity contribution >= 4 is 29.8 Å². The molecule has 1 aliphatic heterocycles. The number of benzene rings is 2. The van der Waals surface area contributed by atoms with E-state index in [-0.39, 0.29) is 28.4 Å². The van der Waals surface area contributed by atoms with E-state index in [0.717, 1.165) is 52.0 Å². The number of rotatable bonds is 14. The van der Waals surface area contributed by atoms with Gasteiger partial charge in [-0.2, -0.15) is 0 Å². The van der Waals surface area contributed by atoms with Crippen LogP contribution in [0.4, 0.5) is 0 Å². The Morgan fingerprint density at radius 2 is 1.27 bits per heavy atom. The van der Waals surface area contributed by atoms with Crippen LogP contribution in [0.15, 0.2) is 36.4 Å². The largest absolute Gasteiger partial charge is 0.493 e. The zero-order valence-electron chi connectivity index (χ0n) is 29.8. The molecule has 1 heterocycles. The van der Waals surface area contributed by atoms with Gasteiger partial charge in [-0.05, 0) is 48.7 Å². The molecule has 15 heteroatoms. The van der Waals surface area contributed by atoms with Gasteiger partial charge in [0.15, 0.2) is 35.2 Å². The summed E-state index contributed by atoms with van der Waals surface area (Å²) < 4.78 is 50.2. The van der Waals surface area contributed by atoms with Crippen molar-refractivity contribution in [1.29, 1.82) is 0 Å². The number of ether oxygens (including phenoxy) is 9. The van der Waals surface area contributed by atoms with Gasteiger partial charge in [0.1, 0.15) is 12.7 Å². The highest BCUT2D eigenvalue weighted by molar-refractivity contribution is 5.95. The fraction of sp³-hybridized carbons (Fsp3) is 0.528. The normalized spacial score (nSPS) is 22.1. The highest BCUT2D eigenvalue weighted by atomic mass is 16.7. The summed E-state index contributed by atoms with van der Waals surface area (Å²) in [4.78, 5) is 61.6. The van der Waals surface area contributed by atoms with Crippen molar-refractivity contribution in [2.24, 2.45) is 0 Å². The van der Waals surface area contributed by atoms with E-state index < -0.39 is 61.2 Å². The van der Waals surface area contributed by atoms with Crippen molar-refractivity contribution in [3.05, 3.63) is 47.5 Å². The van der Waals surface area contributed by atoms with E-state index in [1.165, 1.54) is 32.2 Å². The minimum atomic E-state index is -1.48. The molecular weight excluding hydrogens is 670 g/mol. The second-order valence-corrected chi connectivity index (χ2v) is 12.3. The monoisotopic (exact) mass is 715 g/mol. The molecule has 15 nitrogen and oxygen atoms in total. The minimum absolute atomic E-state index is 0.0764. The van der Waals surface area contributed by atoms with Crippen molar-refractivity contribution in [3.8, 4) is 23.0 Å². The first-order valence-corrected chi connectivity index (χ1v) is 16.5. The van der Waals surface area contributed by atoms with Crippen LogP contribution in [0.25, 0.3) is 0 Å². The van der Waals surface area contributed by atoms with Crippen molar-refractivity contribution in [1.82, 2.24) is 5.32 Å². The maximum Gasteiger partial charge on any atom is 0.303 e. The first-order chi connectivity index (χ1) is 24.3. The first-order valence-electron chi connectivity index (χ1n) is 16.5. The van der Waals surface area contributed by atoms with Crippen molar-refractivity contribution in [2.45, 2.75) is 89.5 Å². The summed E-state index contributed by atoms with van der Waals surface area (Å²) in [6, 6.07) is 10.3. The fourth-order valence-electron chi connectivity index (χ4n) is 6.45. The molecule has 1 saturated heterocycles. The number of amides is 1. The molecule has 278 valence electrons. The summed E-state index contributed by atoms with van der Waals surface area (Å²) in [7, 11) is 4.54. The Bertz CT molecular complexity index is 1590. The summed E-state index contributed by atoms with van der Waals surface area (Å²) in [5.74, 6) is -1.87. The fourth-order valence-corrected chi connectivity index (χ4v) is 6.45. The molecule has 2 aromatic carbocycles. The van der Waals surface area contributed by atoms with Gasteiger partial charge in [-0.3, -0.25) is 24.0 Å². The van der Waals surface area contributed by atoms with Gasteiger partial charge in [-0.15, -0.1) is 0 Å². The van der Waals surface area contributed by atoms with E-state index in [1.54, 1.807) is 14.2 Å². The third-order valence-electron chi connectivity index (χ3n) is 8.76. The molecule has 0 radical (unpaired) electrons. The summed E-state index contributed by atoms with van der Waals surface area (Å²) in [5.41, 5.74) is 1.03. The Kier molecular flexibility index (Phi) is 13.1. The van der Waals surface area contributed by atoms with Crippen LogP contribution in [0.1, 0.15) is 69.3 Å². The molecule has 5 atom stereocenters. The van der Waals surface area contributed by atoms with Gasteiger partial charge < -0.3 is 47.9 Å². The average molecular weight is 716 g/mol. The number of esters is 4. The standard InChI is InChI=1S/C36H45NO14/c1-20(38)46-18-30-31(47-21(2)39)32(48-22(3)40)33(49-23(4)41)35(51-30)50-27-12-10-24(16-28(27)44-6)34(42)37-19-36(14-8-9-15-36)25-11-13-26(43-5)29(17-25)45-7/h10-13,16-17,30-33,35H,8-9,14-15,18-19H2,1-7H3,(H,37,42). The van der Waals surface area contributed by atoms with Crippen LogP contribution < -0.4 is 24.3 Å². The van der Waals surface area contributed by atoms with Gasteiger partial charge in [0.25, 0.3) is 5.91 Å². The molecule has 5 unspecified atom stereocenters. The molecule has 2 aromatic rings. The molecule has 2 fully saturated rings. The van der Waals surface area contributed by atoms with Crippen molar-refractivity contribution in [2.75, 3.05) is 34.5 Å². The lowest BCUT2D eigenvalue weighted by atomic mass is 9.78. The molecule has 0 spiro atoms. The summed E-state index contributed by atoms with van der Waals surface area (Å²) in [5, 5.41) is 3.08. The molecule has 4 rings (SSSR count). The number of carbonyl (C=O) groups excluding carboxylic acids is 5. The topological polar surface area (TPSA) is 180 Å². The second-order valence-electron chi connectivity index (χ2n) is 12.3. The number of hydrogen-bond acceptors (Lipinski definition) is 14. The van der Waals surface area contributed by atoms with E-state index in [2.05, 4.69) is 5.32 Å². The second kappa shape index (κ2) is 17.2. The molecule has 0 aromatic heterocycles. The quantitative estimate of drug-likeness (QED) is 0.222. The van der Waals surface area contributed by atoms with Gasteiger partial charge in [0.05, 0.1) is 21.3 Å². The number of carbonyl (C=O) groups is 5. The lowest BCUT2D eigenvalue weighted by Gasteiger charge is -2.44. The Morgan fingerprint density at radius 3 is 1.86 bits per heavy atom. The van der Waals surface area contributed by atoms with Crippen LogP contribution in [0, 0.1) is 0 Å². The van der Waals surface area contributed by atoms with Crippen molar-refractivity contribution in [3.63, 3.8) is 0 Å². The molecular formula is C36H45NO14. The van der Waals surface area contributed by atoms with Crippen LogP contribution in [0.2, 0.25) is 0 Å². The molecule has 1 aliphatic carbocycles. The van der Waals surface area contributed by atoms with Crippen LogP contribution >= 0.6 is 0 Å². The highest BCUT2D eigenvalue weighted by Crippen LogP contribution is 2.43. The van der Waals surface area contributed by atoms with E-state index in [9.17, 15) is 24.0 Å². The van der Waals surface area contributed by atoms with Gasteiger partial charge >= 0.3 is 23.9 Å². The van der Waals surface area contributed by atoms with E-state index in [0.29, 0.717) is 18.0 Å². The molecule has 1 saturated carbocycles. The third-order valence-corrected chi connectivity index (χ3v) is 8.76. The molecule has 2 aliphatic rings. The molecule has 1 amide bonds. The zero-order chi connectivity index (χ0) is 37.3. The van der Waals surface area contributed by atoms with Gasteiger partial charge in [0, 0.05) is 45.2 Å². The van der Waals surface area contributed by atoms with E-state index in [4.69, 9.17) is 42.6 Å². The first kappa shape index (κ1) is 38.7. The molecule has 51 heavy (non-hydrogen) atoms. The van der Waals surface area contributed by atoms with Crippen LogP contribution in [-0.2, 0) is 48.3 Å². The van der Waals surface area contributed by atoms with Gasteiger partial charge in [-0.1, -0.05) is 18.9 Å². The Balaban J connectivity index is 1.59. The predicted octanol–water partition coefficient (Wildman–Crippen LogP) is 3.42. The maximum atomic E-state index is 13.5. The Morgan fingerprint density at radius 1 is 0.706 bits per heavy atom. The van der Waals surface area contributed by atoms with Crippen LogP contribution in [-0.4, -0.2) is 95.0 Å². The average Bonchev–Trinajstić information content (AvgIpc) is 3.58. The predicted molar refractivity (Wildman–Crippen MR) is 178 cm³/mol. The van der Waals surface area contributed by atoms with Crippen LogP contribution in [0.3, 0.4) is 0 Å². The Hall–Kier alpha value is -5.05. The van der Waals surface area contributed by atoms with E-state index in [1.807, 2.05) is 18.2 Å². The smallest absolute Gasteiger partial charge is 0.303 e. The molecule has 1 N–H and O–H groups in total. The lowest BCUT2D eigenvalue weighted by molar-refractivity contribution is -0.288. The number of hydrogen-bond donors (Lipinski definition) is 1. The maximum absolute atomic E-state index is 13.5. The summed E-state index contributed by atoms with van der Waals surface area (Å²) in [6.45, 7) is 4.52. The minimum Gasteiger partial charge on any atom is -0.493 e. The number of nitrogens with one attached hydrogen (secondary N) is 1. The molecule has 0 bridgehead atoms. The van der Waals surface area contributed by atoms with Gasteiger partial charge in [-0.25, -0.2) is 0 Å². The number of methoxy groups -OCH3 is 3. The lowest BCUT2D eigenvalue weighted by Crippen LogP contribution is -2.63. The summed E-state index contributed by atoms with van der Waals surface area (Å²) in [6.07, 6.45) is -3.09.